The number of hydrogen-bond donors (Lipinski definition) is 2. The Kier molecular flexibility index (Phi) is 11.5. The first-order chi connectivity index (χ1) is 21.9. The number of hydrogen-bond acceptors (Lipinski definition) is 8. The number of rotatable bonds is 6. The van der Waals surface area contributed by atoms with E-state index in [9.17, 15) is 8.78 Å². The number of benzene rings is 2. The van der Waals surface area contributed by atoms with Gasteiger partial charge in [-0.2, -0.15) is 0 Å². The minimum atomic E-state index is -0.414. The Balaban J connectivity index is 0.000000194. The molecule has 0 atom stereocenters. The quantitative estimate of drug-likeness (QED) is 0.189. The molecule has 0 saturated heterocycles. The van der Waals surface area contributed by atoms with Crippen LogP contribution in [0.25, 0.3) is 22.8 Å². The van der Waals surface area contributed by atoms with Crippen LogP contribution in [0.15, 0.2) is 104 Å². The number of nitrogens with zero attached hydrogens (tertiary/aromatic N) is 6. The van der Waals surface area contributed by atoms with Crippen LogP contribution in [0.1, 0.15) is 25.0 Å². The second-order valence-electron chi connectivity index (χ2n) is 9.28. The molecule has 6 rings (SSSR count). The van der Waals surface area contributed by atoms with E-state index in [2.05, 4.69) is 40.5 Å². The van der Waals surface area contributed by atoms with E-state index in [4.69, 9.17) is 11.6 Å². The Labute approximate surface area is 265 Å². The second-order valence-corrected chi connectivity index (χ2v) is 9.71. The fourth-order valence-corrected chi connectivity index (χ4v) is 4.02. The van der Waals surface area contributed by atoms with Gasteiger partial charge in [0.25, 0.3) is 0 Å². The van der Waals surface area contributed by atoms with Gasteiger partial charge in [0, 0.05) is 64.7 Å². The highest BCUT2D eigenvalue weighted by Gasteiger charge is 2.12. The molecule has 0 aliphatic heterocycles. The highest BCUT2D eigenvalue weighted by molar-refractivity contribution is 6.30. The lowest BCUT2D eigenvalue weighted by Gasteiger charge is -2.10. The van der Waals surface area contributed by atoms with E-state index < -0.39 is 5.82 Å². The average Bonchev–Trinajstić information content (AvgIpc) is 3.07. The molecule has 0 fully saturated rings. The first-order valence-electron chi connectivity index (χ1n) is 14.1. The zero-order valence-corrected chi connectivity index (χ0v) is 25.9. The Bertz CT molecular complexity index is 1840. The zero-order valence-electron chi connectivity index (χ0n) is 25.1. The van der Waals surface area contributed by atoms with Crippen molar-refractivity contribution in [2.75, 3.05) is 10.6 Å². The van der Waals surface area contributed by atoms with Crippen LogP contribution in [-0.2, 0) is 0 Å². The summed E-state index contributed by atoms with van der Waals surface area (Å²) in [6.07, 6.45) is 10.1. The van der Waals surface area contributed by atoms with Crippen molar-refractivity contribution in [3.63, 3.8) is 0 Å². The van der Waals surface area contributed by atoms with E-state index in [1.54, 1.807) is 55.4 Å². The van der Waals surface area contributed by atoms with Crippen LogP contribution in [0.4, 0.5) is 31.8 Å². The smallest absolute Gasteiger partial charge is 0.164 e. The van der Waals surface area contributed by atoms with Crippen LogP contribution in [0, 0.1) is 25.5 Å². The summed E-state index contributed by atoms with van der Waals surface area (Å²) in [5.74, 6) is 1.14. The monoisotopic (exact) mass is 624 g/mol. The van der Waals surface area contributed by atoms with Gasteiger partial charge in [0.05, 0.1) is 11.1 Å². The van der Waals surface area contributed by atoms with Gasteiger partial charge in [0.2, 0.25) is 0 Å². The van der Waals surface area contributed by atoms with Crippen LogP contribution in [0.5, 0.6) is 0 Å². The minimum Gasteiger partial charge on any atom is -0.340 e. The highest BCUT2D eigenvalue weighted by atomic mass is 35.5. The van der Waals surface area contributed by atoms with E-state index in [1.807, 2.05) is 52.0 Å². The lowest BCUT2D eigenvalue weighted by molar-refractivity contribution is 0.629. The van der Waals surface area contributed by atoms with E-state index in [1.165, 1.54) is 24.3 Å². The molecule has 0 aliphatic carbocycles. The van der Waals surface area contributed by atoms with Crippen molar-refractivity contribution in [2.45, 2.75) is 27.7 Å². The molecule has 45 heavy (non-hydrogen) atoms. The summed E-state index contributed by atoms with van der Waals surface area (Å²) in [4.78, 5) is 25.1. The van der Waals surface area contributed by atoms with Gasteiger partial charge in [-0.15, -0.1) is 0 Å². The van der Waals surface area contributed by atoms with Crippen LogP contribution >= 0.6 is 11.6 Å². The number of nitrogens with one attached hydrogen (secondary N) is 2. The van der Waals surface area contributed by atoms with Crippen LogP contribution in [0.2, 0.25) is 5.02 Å². The first-order valence-corrected chi connectivity index (χ1v) is 14.5. The van der Waals surface area contributed by atoms with Gasteiger partial charge in [-0.3, -0.25) is 9.97 Å². The molecular weight excluding hydrogens is 594 g/mol. The molecular formula is C34H31ClF2N8. The van der Waals surface area contributed by atoms with E-state index >= 15 is 0 Å². The van der Waals surface area contributed by atoms with Crippen molar-refractivity contribution in [1.29, 1.82) is 0 Å². The molecule has 0 saturated carbocycles. The van der Waals surface area contributed by atoms with Crippen molar-refractivity contribution in [1.82, 2.24) is 29.9 Å². The van der Waals surface area contributed by atoms with Crippen molar-refractivity contribution in [2.24, 2.45) is 0 Å². The number of halogens is 3. The molecule has 0 bridgehead atoms. The normalized spacial score (nSPS) is 10.1. The van der Waals surface area contributed by atoms with Crippen molar-refractivity contribution in [3.05, 3.63) is 132 Å². The number of aryl methyl sites for hydroxylation is 2. The predicted octanol–water partition coefficient (Wildman–Crippen LogP) is 9.14. The third kappa shape index (κ3) is 8.84. The molecule has 8 nitrogen and oxygen atoms in total. The molecule has 0 spiro atoms. The standard InChI is InChI=1S/C16H12ClFN4.C16H13FN4.C2H6/c1-10-9-20-16(13-8-11(17)2-3-14(13)18)22-15(10)21-12-4-6-19-7-5-12;1-11-10-19-16(13-4-2-3-5-14(13)17)21-15(11)20-12-6-8-18-9-7-12;1-2/h2-9H,1H3,(H,19,20,21,22);2-10H,1H3,(H,18,19,20,21);1-2H3. The summed E-state index contributed by atoms with van der Waals surface area (Å²) in [5, 5.41) is 6.79. The van der Waals surface area contributed by atoms with Gasteiger partial charge in [-0.25, -0.2) is 28.7 Å². The van der Waals surface area contributed by atoms with E-state index in [0.717, 1.165) is 22.5 Å². The fourth-order valence-electron chi connectivity index (χ4n) is 3.85. The summed E-state index contributed by atoms with van der Waals surface area (Å²) in [7, 11) is 0. The molecule has 4 aromatic heterocycles. The Hall–Kier alpha value is -5.35. The maximum atomic E-state index is 13.9. The number of aromatic nitrogens is 6. The SMILES string of the molecule is CC.Cc1cnc(-c2cc(Cl)ccc2F)nc1Nc1ccncc1.Cc1cnc(-c2ccccc2F)nc1Nc1ccncc1. The Morgan fingerprint density at radius 3 is 1.58 bits per heavy atom. The molecule has 11 heteroatoms. The zero-order chi connectivity index (χ0) is 32.2. The molecule has 0 unspecified atom stereocenters. The minimum absolute atomic E-state index is 0.269. The van der Waals surface area contributed by atoms with Gasteiger partial charge in [-0.05, 0) is 68.4 Å². The maximum Gasteiger partial charge on any atom is 0.164 e. The largest absolute Gasteiger partial charge is 0.340 e. The lowest BCUT2D eigenvalue weighted by Crippen LogP contribution is -2.01. The third-order valence-corrected chi connectivity index (χ3v) is 6.35. The summed E-state index contributed by atoms with van der Waals surface area (Å²) >= 11 is 5.92. The second kappa shape index (κ2) is 15.9. The maximum absolute atomic E-state index is 13.9. The Morgan fingerprint density at radius 1 is 0.600 bits per heavy atom. The topological polar surface area (TPSA) is 101 Å². The van der Waals surface area contributed by atoms with Crippen LogP contribution in [0.3, 0.4) is 0 Å². The molecule has 2 aromatic carbocycles. The molecule has 4 heterocycles. The highest BCUT2D eigenvalue weighted by Crippen LogP contribution is 2.26. The summed E-state index contributed by atoms with van der Waals surface area (Å²) in [5.41, 5.74) is 4.09. The lowest BCUT2D eigenvalue weighted by atomic mass is 10.2. The summed E-state index contributed by atoms with van der Waals surface area (Å²) in [6, 6.07) is 18.1. The number of anilines is 4. The van der Waals surface area contributed by atoms with Crippen molar-refractivity contribution in [3.8, 4) is 22.8 Å². The summed E-state index contributed by atoms with van der Waals surface area (Å²) in [6.45, 7) is 7.77. The van der Waals surface area contributed by atoms with Crippen molar-refractivity contribution >= 4 is 34.6 Å². The molecule has 6 aromatic rings. The Morgan fingerprint density at radius 2 is 1.07 bits per heavy atom. The van der Waals surface area contributed by atoms with Crippen molar-refractivity contribution < 1.29 is 8.78 Å². The fraction of sp³-hybridized carbons (Fsp3) is 0.118. The molecule has 0 radical (unpaired) electrons. The van der Waals surface area contributed by atoms with Gasteiger partial charge >= 0.3 is 0 Å². The number of pyridine rings is 2. The first kappa shape index (κ1) is 32.6. The van der Waals surface area contributed by atoms with Gasteiger partial charge in [0.1, 0.15) is 23.3 Å². The predicted molar refractivity (Wildman–Crippen MR) is 176 cm³/mol. The van der Waals surface area contributed by atoms with Gasteiger partial charge < -0.3 is 10.6 Å². The van der Waals surface area contributed by atoms with Gasteiger partial charge in [0.15, 0.2) is 11.6 Å². The van der Waals surface area contributed by atoms with E-state index in [-0.39, 0.29) is 17.2 Å². The average molecular weight is 625 g/mol. The molecule has 0 amide bonds. The van der Waals surface area contributed by atoms with Crippen LogP contribution < -0.4 is 10.6 Å². The molecule has 0 aliphatic rings. The summed E-state index contributed by atoms with van der Waals surface area (Å²) < 4.78 is 27.8. The van der Waals surface area contributed by atoms with Crippen LogP contribution in [-0.4, -0.2) is 29.9 Å². The molecule has 228 valence electrons. The van der Waals surface area contributed by atoms with Gasteiger partial charge in [-0.1, -0.05) is 37.6 Å². The third-order valence-electron chi connectivity index (χ3n) is 6.11. The van der Waals surface area contributed by atoms with E-state index in [0.29, 0.717) is 28.0 Å². The molecule has 2 N–H and O–H groups in total.